The largest absolute Gasteiger partial charge is 0.481 e. The quantitative estimate of drug-likeness (QED) is 0.379. The molecular weight excluding hydrogens is 318 g/mol. The van der Waals surface area contributed by atoms with Gasteiger partial charge >= 0.3 is 5.97 Å². The minimum Gasteiger partial charge on any atom is -0.481 e. The van der Waals surface area contributed by atoms with Gasteiger partial charge in [0, 0.05) is 19.5 Å². The summed E-state index contributed by atoms with van der Waals surface area (Å²) in [5, 5.41) is 18.2. The molecule has 0 spiro atoms. The minimum absolute atomic E-state index is 0.0434. The highest BCUT2D eigenvalue weighted by atomic mass is 16.4. The zero-order chi connectivity index (χ0) is 18.9. The lowest BCUT2D eigenvalue weighted by Crippen LogP contribution is -2.37. The molecule has 1 atom stereocenters. The molecule has 0 fully saturated rings. The number of aliphatic hydroxyl groups excluding tert-OH is 1. The van der Waals surface area contributed by atoms with Crippen LogP contribution < -0.4 is 0 Å². The molecule has 5 heteroatoms. The summed E-state index contributed by atoms with van der Waals surface area (Å²) in [7, 11) is 0. The molecule has 0 aliphatic heterocycles. The fraction of sp³-hybridized carbons (Fsp3) is 0.900. The van der Waals surface area contributed by atoms with Gasteiger partial charge < -0.3 is 15.1 Å². The van der Waals surface area contributed by atoms with Gasteiger partial charge in [0.1, 0.15) is 0 Å². The van der Waals surface area contributed by atoms with E-state index in [-0.39, 0.29) is 25.4 Å². The molecule has 0 aromatic rings. The molecule has 25 heavy (non-hydrogen) atoms. The van der Waals surface area contributed by atoms with Crippen molar-refractivity contribution in [2.75, 3.05) is 13.1 Å². The summed E-state index contributed by atoms with van der Waals surface area (Å²) in [6.45, 7) is 4.24. The van der Waals surface area contributed by atoms with Crippen LogP contribution in [-0.4, -0.2) is 46.2 Å². The van der Waals surface area contributed by atoms with Crippen molar-refractivity contribution < 1.29 is 19.8 Å². The zero-order valence-electron chi connectivity index (χ0n) is 16.3. The van der Waals surface area contributed by atoms with E-state index in [1.165, 1.54) is 56.3 Å². The SMILES string of the molecule is CCCCCCCCCCCCCC(=O)N(CCC(=O)O)CC(C)O. The first kappa shape index (κ1) is 23.9. The highest BCUT2D eigenvalue weighted by Crippen LogP contribution is 2.12. The number of aliphatic carboxylic acids is 1. The van der Waals surface area contributed by atoms with E-state index < -0.39 is 12.1 Å². The number of unbranched alkanes of at least 4 members (excludes halogenated alkanes) is 10. The van der Waals surface area contributed by atoms with Gasteiger partial charge in [-0.1, -0.05) is 71.1 Å². The molecule has 0 saturated carbocycles. The average Bonchev–Trinajstić information content (AvgIpc) is 2.55. The Morgan fingerprint density at radius 2 is 1.32 bits per heavy atom. The molecular formula is C20H39NO4. The summed E-state index contributed by atoms with van der Waals surface area (Å²) in [5.74, 6) is -0.962. The molecule has 0 heterocycles. The maximum absolute atomic E-state index is 12.2. The normalized spacial score (nSPS) is 12.1. The molecule has 1 amide bonds. The van der Waals surface area contributed by atoms with Crippen molar-refractivity contribution in [1.29, 1.82) is 0 Å². The molecule has 0 saturated heterocycles. The Kier molecular flexibility index (Phi) is 15.7. The predicted molar refractivity (Wildman–Crippen MR) is 102 cm³/mol. The lowest BCUT2D eigenvalue weighted by molar-refractivity contribution is -0.139. The maximum Gasteiger partial charge on any atom is 0.305 e. The molecule has 0 aliphatic carbocycles. The van der Waals surface area contributed by atoms with Crippen LogP contribution in [0.15, 0.2) is 0 Å². The second-order valence-electron chi connectivity index (χ2n) is 7.12. The van der Waals surface area contributed by atoms with Gasteiger partial charge in [-0.3, -0.25) is 9.59 Å². The summed E-state index contributed by atoms with van der Waals surface area (Å²) >= 11 is 0. The van der Waals surface area contributed by atoms with Crippen molar-refractivity contribution in [3.05, 3.63) is 0 Å². The highest BCUT2D eigenvalue weighted by Gasteiger charge is 2.16. The zero-order valence-corrected chi connectivity index (χ0v) is 16.3. The first-order valence-corrected chi connectivity index (χ1v) is 10.1. The van der Waals surface area contributed by atoms with E-state index in [0.717, 1.165) is 19.3 Å². The van der Waals surface area contributed by atoms with Gasteiger partial charge in [-0.25, -0.2) is 0 Å². The third kappa shape index (κ3) is 16.1. The monoisotopic (exact) mass is 357 g/mol. The van der Waals surface area contributed by atoms with Crippen LogP contribution in [0.4, 0.5) is 0 Å². The molecule has 0 rings (SSSR count). The number of hydrogen-bond acceptors (Lipinski definition) is 3. The molecule has 0 bridgehead atoms. The topological polar surface area (TPSA) is 77.8 Å². The van der Waals surface area contributed by atoms with Crippen LogP contribution in [0.3, 0.4) is 0 Å². The van der Waals surface area contributed by atoms with E-state index in [9.17, 15) is 14.7 Å². The van der Waals surface area contributed by atoms with Crippen molar-refractivity contribution in [2.24, 2.45) is 0 Å². The van der Waals surface area contributed by atoms with Gasteiger partial charge in [-0.2, -0.15) is 0 Å². The van der Waals surface area contributed by atoms with Gasteiger partial charge in [0.05, 0.1) is 12.5 Å². The number of carbonyl (C=O) groups excluding carboxylic acids is 1. The van der Waals surface area contributed by atoms with Gasteiger partial charge in [0.15, 0.2) is 0 Å². The summed E-state index contributed by atoms with van der Waals surface area (Å²) < 4.78 is 0. The molecule has 0 aromatic heterocycles. The number of amides is 1. The summed E-state index contributed by atoms with van der Waals surface area (Å²) in [4.78, 5) is 24.3. The van der Waals surface area contributed by atoms with E-state index in [4.69, 9.17) is 5.11 Å². The van der Waals surface area contributed by atoms with Crippen LogP contribution >= 0.6 is 0 Å². The molecule has 1 unspecified atom stereocenters. The first-order valence-electron chi connectivity index (χ1n) is 10.1. The van der Waals surface area contributed by atoms with E-state index >= 15 is 0 Å². The Hall–Kier alpha value is -1.10. The Bertz CT molecular complexity index is 345. The number of nitrogens with zero attached hydrogens (tertiary/aromatic N) is 1. The second-order valence-corrected chi connectivity index (χ2v) is 7.12. The Morgan fingerprint density at radius 1 is 0.840 bits per heavy atom. The molecule has 0 radical (unpaired) electrons. The molecule has 2 N–H and O–H groups in total. The van der Waals surface area contributed by atoms with Gasteiger partial charge in [0.2, 0.25) is 5.91 Å². The summed E-state index contributed by atoms with van der Waals surface area (Å²) in [6.07, 6.45) is 13.4. The van der Waals surface area contributed by atoms with E-state index in [1.807, 2.05) is 0 Å². The smallest absolute Gasteiger partial charge is 0.305 e. The lowest BCUT2D eigenvalue weighted by atomic mass is 10.1. The minimum atomic E-state index is -0.918. The van der Waals surface area contributed by atoms with Crippen LogP contribution in [-0.2, 0) is 9.59 Å². The maximum atomic E-state index is 12.2. The van der Waals surface area contributed by atoms with Crippen LogP contribution in [0.5, 0.6) is 0 Å². The van der Waals surface area contributed by atoms with Gasteiger partial charge in [0.25, 0.3) is 0 Å². The Morgan fingerprint density at radius 3 is 1.76 bits per heavy atom. The van der Waals surface area contributed by atoms with Crippen LogP contribution in [0, 0.1) is 0 Å². The highest BCUT2D eigenvalue weighted by molar-refractivity contribution is 5.77. The Balaban J connectivity index is 3.68. The van der Waals surface area contributed by atoms with Crippen LogP contribution in [0.25, 0.3) is 0 Å². The number of aliphatic hydroxyl groups is 1. The molecule has 0 aliphatic rings. The standard InChI is InChI=1S/C20H39NO4/c1-3-4-5-6-7-8-9-10-11-12-13-14-19(23)21(17-18(2)22)16-15-20(24)25/h18,22H,3-17H2,1-2H3,(H,24,25). The third-order valence-corrected chi connectivity index (χ3v) is 4.43. The van der Waals surface area contributed by atoms with Crippen LogP contribution in [0.1, 0.15) is 97.3 Å². The third-order valence-electron chi connectivity index (χ3n) is 4.43. The van der Waals surface area contributed by atoms with E-state index in [2.05, 4.69) is 6.92 Å². The van der Waals surface area contributed by atoms with Crippen molar-refractivity contribution in [3.8, 4) is 0 Å². The lowest BCUT2D eigenvalue weighted by Gasteiger charge is -2.23. The van der Waals surface area contributed by atoms with Gasteiger partial charge in [-0.15, -0.1) is 0 Å². The first-order chi connectivity index (χ1) is 12.0. The number of rotatable bonds is 17. The number of carbonyl (C=O) groups is 2. The number of carboxylic acids is 1. The predicted octanol–water partition coefficient (Wildman–Crippen LogP) is 4.37. The average molecular weight is 358 g/mol. The van der Waals surface area contributed by atoms with E-state index in [0.29, 0.717) is 6.42 Å². The number of carboxylic acid groups (broad SMARTS) is 1. The fourth-order valence-corrected chi connectivity index (χ4v) is 2.97. The van der Waals surface area contributed by atoms with Gasteiger partial charge in [-0.05, 0) is 13.3 Å². The summed E-state index contributed by atoms with van der Waals surface area (Å²) in [5.41, 5.74) is 0. The molecule has 148 valence electrons. The van der Waals surface area contributed by atoms with Crippen molar-refractivity contribution in [1.82, 2.24) is 4.90 Å². The number of hydrogen-bond donors (Lipinski definition) is 2. The molecule has 0 aromatic carbocycles. The second kappa shape index (κ2) is 16.4. The van der Waals surface area contributed by atoms with Crippen molar-refractivity contribution >= 4 is 11.9 Å². The molecule has 5 nitrogen and oxygen atoms in total. The summed E-state index contributed by atoms with van der Waals surface area (Å²) in [6, 6.07) is 0. The van der Waals surface area contributed by atoms with Crippen LogP contribution in [0.2, 0.25) is 0 Å². The fourth-order valence-electron chi connectivity index (χ4n) is 2.97. The van der Waals surface area contributed by atoms with E-state index in [1.54, 1.807) is 6.92 Å². The Labute approximate surface area is 153 Å². The van der Waals surface area contributed by atoms with Crippen molar-refractivity contribution in [3.63, 3.8) is 0 Å². The van der Waals surface area contributed by atoms with Crippen molar-refractivity contribution in [2.45, 2.75) is 103 Å².